The predicted octanol–water partition coefficient (Wildman–Crippen LogP) is 4.77. The van der Waals surface area contributed by atoms with Gasteiger partial charge in [-0.3, -0.25) is 0 Å². The lowest BCUT2D eigenvalue weighted by Gasteiger charge is -2.14. The molecule has 0 unspecified atom stereocenters. The number of nitrogens with two attached hydrogens (primary N) is 2. The van der Waals surface area contributed by atoms with Gasteiger partial charge >= 0.3 is 0 Å². The molecule has 27 heavy (non-hydrogen) atoms. The second-order valence-electron chi connectivity index (χ2n) is 6.49. The molecule has 0 bridgehead atoms. The summed E-state index contributed by atoms with van der Waals surface area (Å²) < 4.78 is 11.7. The van der Waals surface area contributed by atoms with Gasteiger partial charge in [0.15, 0.2) is 0 Å². The van der Waals surface area contributed by atoms with E-state index in [1.165, 1.54) is 0 Å². The average molecular weight is 366 g/mol. The van der Waals surface area contributed by atoms with Crippen LogP contribution in [0.3, 0.4) is 0 Å². The maximum absolute atomic E-state index is 9.76. The number of hydrogen-bond acceptors (Lipinski definition) is 6. The summed E-state index contributed by atoms with van der Waals surface area (Å²) >= 11 is 0. The molecule has 140 valence electrons. The summed E-state index contributed by atoms with van der Waals surface area (Å²) in [6.07, 6.45) is 0. The first-order valence-electron chi connectivity index (χ1n) is 8.39. The molecule has 0 amide bonds. The summed E-state index contributed by atoms with van der Waals surface area (Å²) in [7, 11) is 0. The van der Waals surface area contributed by atoms with Gasteiger partial charge in [-0.05, 0) is 67.8 Å². The lowest BCUT2D eigenvalue weighted by atomic mass is 10.1. The second-order valence-corrected chi connectivity index (χ2v) is 6.49. The highest BCUT2D eigenvalue weighted by Gasteiger charge is 2.10. The van der Waals surface area contributed by atoms with E-state index in [2.05, 4.69) is 0 Å². The molecular formula is C21H22N2O4. The summed E-state index contributed by atoms with van der Waals surface area (Å²) in [6, 6.07) is 12.0. The number of nitrogen functional groups attached to an aromatic ring is 2. The molecule has 0 fully saturated rings. The number of aryl methyl sites for hydroxylation is 3. The molecule has 0 aliphatic carbocycles. The van der Waals surface area contributed by atoms with Crippen LogP contribution in [0.25, 0.3) is 0 Å². The van der Waals surface area contributed by atoms with E-state index in [1.54, 1.807) is 50.2 Å². The first-order chi connectivity index (χ1) is 12.7. The van der Waals surface area contributed by atoms with Crippen molar-refractivity contribution in [3.05, 3.63) is 59.2 Å². The topological polar surface area (TPSA) is 111 Å². The highest BCUT2D eigenvalue weighted by molar-refractivity contribution is 5.61. The third-order valence-electron chi connectivity index (χ3n) is 4.22. The Morgan fingerprint density at radius 1 is 0.630 bits per heavy atom. The molecule has 0 saturated heterocycles. The minimum Gasteiger partial charge on any atom is -0.506 e. The Morgan fingerprint density at radius 2 is 1.11 bits per heavy atom. The van der Waals surface area contributed by atoms with Crippen LogP contribution in [0.5, 0.6) is 34.5 Å². The smallest absolute Gasteiger partial charge is 0.141 e. The number of phenols is 2. The maximum atomic E-state index is 9.76. The van der Waals surface area contributed by atoms with Crippen molar-refractivity contribution in [1.82, 2.24) is 0 Å². The Bertz CT molecular complexity index is 969. The van der Waals surface area contributed by atoms with Crippen LogP contribution in [0.15, 0.2) is 42.5 Å². The third kappa shape index (κ3) is 3.84. The molecule has 3 aromatic carbocycles. The summed E-state index contributed by atoms with van der Waals surface area (Å²) in [5.74, 6) is 2.47. The lowest BCUT2D eigenvalue weighted by molar-refractivity contribution is 0.455. The van der Waals surface area contributed by atoms with Gasteiger partial charge in [-0.2, -0.15) is 0 Å². The molecule has 0 aromatic heterocycles. The Hall–Kier alpha value is -3.54. The first kappa shape index (κ1) is 18.3. The van der Waals surface area contributed by atoms with Crippen molar-refractivity contribution in [2.45, 2.75) is 20.8 Å². The zero-order valence-electron chi connectivity index (χ0n) is 15.4. The van der Waals surface area contributed by atoms with Crippen LogP contribution in [0, 0.1) is 20.8 Å². The van der Waals surface area contributed by atoms with E-state index in [0.29, 0.717) is 34.1 Å². The fourth-order valence-corrected chi connectivity index (χ4v) is 2.73. The van der Waals surface area contributed by atoms with Crippen LogP contribution in [0.4, 0.5) is 11.4 Å². The van der Waals surface area contributed by atoms with Gasteiger partial charge in [0.2, 0.25) is 0 Å². The number of benzene rings is 3. The molecule has 6 nitrogen and oxygen atoms in total. The molecule has 6 N–H and O–H groups in total. The van der Waals surface area contributed by atoms with Crippen molar-refractivity contribution in [3.63, 3.8) is 0 Å². The summed E-state index contributed by atoms with van der Waals surface area (Å²) in [6.45, 7) is 5.41. The minimum atomic E-state index is 0.0609. The van der Waals surface area contributed by atoms with Crippen LogP contribution in [-0.4, -0.2) is 10.2 Å². The third-order valence-corrected chi connectivity index (χ3v) is 4.22. The molecule has 0 heterocycles. The standard InChI is InChI=1S/C21H22N2O4/c1-11-6-14(26-15-7-12(2)20(24)17(22)9-15)4-5-19(11)27-16-8-13(3)21(25)18(23)10-16/h4-10,24-25H,22-23H2,1-3H3. The lowest BCUT2D eigenvalue weighted by Crippen LogP contribution is -1.94. The van der Waals surface area contributed by atoms with Crippen molar-refractivity contribution >= 4 is 11.4 Å². The molecule has 6 heteroatoms. The Kier molecular flexibility index (Phi) is 4.73. The van der Waals surface area contributed by atoms with Crippen LogP contribution in [0.2, 0.25) is 0 Å². The average Bonchev–Trinajstić information content (AvgIpc) is 2.60. The number of anilines is 2. The van der Waals surface area contributed by atoms with Crippen molar-refractivity contribution in [3.8, 4) is 34.5 Å². The normalized spacial score (nSPS) is 10.6. The van der Waals surface area contributed by atoms with Gasteiger partial charge in [-0.1, -0.05) is 0 Å². The van der Waals surface area contributed by atoms with Crippen LogP contribution in [0.1, 0.15) is 16.7 Å². The Labute approximate surface area is 157 Å². The van der Waals surface area contributed by atoms with E-state index in [9.17, 15) is 10.2 Å². The van der Waals surface area contributed by atoms with Gasteiger partial charge in [0.25, 0.3) is 0 Å². The highest BCUT2D eigenvalue weighted by atomic mass is 16.5. The molecule has 3 aromatic rings. The molecule has 0 saturated carbocycles. The maximum Gasteiger partial charge on any atom is 0.141 e. The predicted molar refractivity (Wildman–Crippen MR) is 106 cm³/mol. The van der Waals surface area contributed by atoms with Gasteiger partial charge in [-0.25, -0.2) is 0 Å². The number of ether oxygens (including phenoxy) is 2. The number of phenolic OH excluding ortho intramolecular Hbond substituents is 2. The highest BCUT2D eigenvalue weighted by Crippen LogP contribution is 2.36. The Balaban J connectivity index is 1.82. The Morgan fingerprint density at radius 3 is 1.59 bits per heavy atom. The largest absolute Gasteiger partial charge is 0.506 e. The molecule has 0 spiro atoms. The zero-order valence-corrected chi connectivity index (χ0v) is 15.4. The van der Waals surface area contributed by atoms with E-state index < -0.39 is 0 Å². The molecule has 0 radical (unpaired) electrons. The van der Waals surface area contributed by atoms with Crippen LogP contribution >= 0.6 is 0 Å². The summed E-state index contributed by atoms with van der Waals surface area (Å²) in [5, 5.41) is 19.5. The molecule has 0 aliphatic rings. The number of hydrogen-bond donors (Lipinski definition) is 4. The van der Waals surface area contributed by atoms with Crippen molar-refractivity contribution in [1.29, 1.82) is 0 Å². The van der Waals surface area contributed by atoms with Gasteiger partial charge in [-0.15, -0.1) is 0 Å². The molecule has 0 atom stereocenters. The SMILES string of the molecule is Cc1cc(Oc2cc(C)c(O)c(N)c2)ccc1Oc1cc(C)c(O)c(N)c1. The second kappa shape index (κ2) is 6.99. The van der Waals surface area contributed by atoms with E-state index in [0.717, 1.165) is 5.56 Å². The van der Waals surface area contributed by atoms with Crippen molar-refractivity contribution in [2.75, 3.05) is 11.5 Å². The number of aromatic hydroxyl groups is 2. The minimum absolute atomic E-state index is 0.0609. The van der Waals surface area contributed by atoms with Gasteiger partial charge in [0, 0.05) is 12.1 Å². The van der Waals surface area contributed by atoms with E-state index in [1.807, 2.05) is 13.0 Å². The van der Waals surface area contributed by atoms with E-state index >= 15 is 0 Å². The zero-order chi connectivity index (χ0) is 19.7. The molecular weight excluding hydrogens is 344 g/mol. The van der Waals surface area contributed by atoms with Crippen LogP contribution < -0.4 is 20.9 Å². The van der Waals surface area contributed by atoms with Crippen molar-refractivity contribution < 1.29 is 19.7 Å². The van der Waals surface area contributed by atoms with Crippen molar-refractivity contribution in [2.24, 2.45) is 0 Å². The van der Waals surface area contributed by atoms with E-state index in [-0.39, 0.29) is 22.9 Å². The quantitative estimate of drug-likeness (QED) is 0.391. The fraction of sp³-hybridized carbons (Fsp3) is 0.143. The van der Waals surface area contributed by atoms with Gasteiger partial charge < -0.3 is 31.2 Å². The summed E-state index contributed by atoms with van der Waals surface area (Å²) in [5.41, 5.74) is 14.2. The monoisotopic (exact) mass is 366 g/mol. The van der Waals surface area contributed by atoms with Crippen LogP contribution in [-0.2, 0) is 0 Å². The van der Waals surface area contributed by atoms with Gasteiger partial charge in [0.05, 0.1) is 11.4 Å². The molecule has 3 rings (SSSR count). The number of rotatable bonds is 4. The van der Waals surface area contributed by atoms with Gasteiger partial charge in [0.1, 0.15) is 34.5 Å². The fourth-order valence-electron chi connectivity index (χ4n) is 2.73. The molecule has 0 aliphatic heterocycles. The first-order valence-corrected chi connectivity index (χ1v) is 8.39. The summed E-state index contributed by atoms with van der Waals surface area (Å²) in [4.78, 5) is 0. The van der Waals surface area contributed by atoms with E-state index in [4.69, 9.17) is 20.9 Å².